The largest absolute Gasteiger partial charge is 1.00 e. The Balaban J connectivity index is 0.00000560. The van der Waals surface area contributed by atoms with Crippen LogP contribution in [0.4, 0.5) is 0 Å². The summed E-state index contributed by atoms with van der Waals surface area (Å²) in [6.07, 6.45) is 2.84. The van der Waals surface area contributed by atoms with E-state index in [1.807, 2.05) is 0 Å². The van der Waals surface area contributed by atoms with Crippen LogP contribution in [-0.2, 0) is 14.4 Å². The molecule has 0 saturated carbocycles. The van der Waals surface area contributed by atoms with E-state index in [0.717, 1.165) is 19.0 Å². The molecule has 0 bridgehead atoms. The molecule has 0 aliphatic rings. The molecule has 1 atom stereocenters. The van der Waals surface area contributed by atoms with Crippen molar-refractivity contribution in [2.45, 2.75) is 18.9 Å². The summed E-state index contributed by atoms with van der Waals surface area (Å²) in [5.41, 5.74) is 5.76. The summed E-state index contributed by atoms with van der Waals surface area (Å²) in [7, 11) is 0.780. The maximum atomic E-state index is 12.3. The predicted octanol–water partition coefficient (Wildman–Crippen LogP) is -0.210. The van der Waals surface area contributed by atoms with Crippen LogP contribution in [-0.4, -0.2) is 59.7 Å². The first kappa shape index (κ1) is 33.8. The molecule has 0 spiro atoms. The summed E-state index contributed by atoms with van der Waals surface area (Å²) in [5.74, 6) is -1.17. The molecular formula is C29H35BrN3O4PS2. The summed E-state index contributed by atoms with van der Waals surface area (Å²) < 4.78 is 0. The third-order valence-corrected chi connectivity index (χ3v) is 12.9. The molecule has 0 saturated heterocycles. The lowest BCUT2D eigenvalue weighted by atomic mass is 10.3. The summed E-state index contributed by atoms with van der Waals surface area (Å²) in [6.45, 7) is 0.136. The van der Waals surface area contributed by atoms with Crippen molar-refractivity contribution >= 4 is 62.5 Å². The van der Waals surface area contributed by atoms with Gasteiger partial charge in [-0.2, -0.15) is 0 Å². The fraction of sp³-hybridized carbons (Fsp3) is 0.276. The second-order valence-corrected chi connectivity index (χ2v) is 15.0. The van der Waals surface area contributed by atoms with Gasteiger partial charge in [-0.1, -0.05) is 76.2 Å². The Labute approximate surface area is 255 Å². The van der Waals surface area contributed by atoms with E-state index in [2.05, 4.69) is 102 Å². The zero-order valence-electron chi connectivity index (χ0n) is 22.1. The van der Waals surface area contributed by atoms with Crippen LogP contribution < -0.4 is 49.3 Å². The molecule has 0 radical (unpaired) electrons. The van der Waals surface area contributed by atoms with Crippen molar-refractivity contribution in [3.8, 4) is 0 Å². The van der Waals surface area contributed by atoms with Crippen LogP contribution in [0.2, 0.25) is 0 Å². The van der Waals surface area contributed by atoms with Crippen LogP contribution in [0.15, 0.2) is 91.0 Å². The Hall–Kier alpha value is -2.36. The van der Waals surface area contributed by atoms with Gasteiger partial charge in [-0.15, -0.1) is 0 Å². The second kappa shape index (κ2) is 18.1. The maximum absolute atomic E-state index is 12.3. The molecule has 214 valence electrons. The van der Waals surface area contributed by atoms with Gasteiger partial charge in [0.05, 0.1) is 18.0 Å². The summed E-state index contributed by atoms with van der Waals surface area (Å²) in [4.78, 5) is 34.6. The number of hydrogen-bond donors (Lipinski definition) is 4. The highest BCUT2D eigenvalue weighted by Gasteiger charge is 2.44. The van der Waals surface area contributed by atoms with Gasteiger partial charge < -0.3 is 38.5 Å². The quantitative estimate of drug-likeness (QED) is 0.0951. The van der Waals surface area contributed by atoms with Gasteiger partial charge in [0.1, 0.15) is 29.7 Å². The summed E-state index contributed by atoms with van der Waals surface area (Å²) in [5, 5.41) is 17.9. The number of rotatable bonds is 16. The number of carbonyl (C=O) groups is 3. The van der Waals surface area contributed by atoms with Gasteiger partial charge in [0.15, 0.2) is 0 Å². The lowest BCUT2D eigenvalue weighted by Crippen LogP contribution is -3.00. The number of hydrogen-bond acceptors (Lipinski definition) is 6. The van der Waals surface area contributed by atoms with Gasteiger partial charge in [-0.05, 0) is 49.2 Å². The fourth-order valence-corrected chi connectivity index (χ4v) is 10.6. The van der Waals surface area contributed by atoms with Crippen LogP contribution in [0.3, 0.4) is 0 Å². The van der Waals surface area contributed by atoms with E-state index >= 15 is 0 Å². The smallest absolute Gasteiger partial charge is 0.322 e. The van der Waals surface area contributed by atoms with Crippen molar-refractivity contribution in [1.82, 2.24) is 10.6 Å². The molecular weight excluding hydrogens is 629 g/mol. The van der Waals surface area contributed by atoms with E-state index in [-0.39, 0.29) is 34.4 Å². The summed E-state index contributed by atoms with van der Waals surface area (Å²) >= 11 is 0. The van der Waals surface area contributed by atoms with Crippen molar-refractivity contribution in [1.29, 1.82) is 0 Å². The van der Waals surface area contributed by atoms with E-state index in [9.17, 15) is 14.4 Å². The molecule has 0 heterocycles. The van der Waals surface area contributed by atoms with E-state index in [1.54, 1.807) is 0 Å². The average molecular weight is 665 g/mol. The Bertz CT molecular complexity index is 1100. The zero-order valence-corrected chi connectivity index (χ0v) is 26.2. The number of carboxylic acid groups (broad SMARTS) is 1. The number of nitrogens with two attached hydrogens (primary N) is 1. The van der Waals surface area contributed by atoms with Gasteiger partial charge in [-0.3, -0.25) is 14.4 Å². The Morgan fingerprint density at radius 1 is 0.775 bits per heavy atom. The van der Waals surface area contributed by atoms with Crippen molar-refractivity contribution in [3.63, 3.8) is 0 Å². The van der Waals surface area contributed by atoms with Gasteiger partial charge >= 0.3 is 5.97 Å². The van der Waals surface area contributed by atoms with E-state index in [1.165, 1.54) is 37.5 Å². The molecule has 11 heteroatoms. The maximum Gasteiger partial charge on any atom is 0.322 e. The second-order valence-electron chi connectivity index (χ2n) is 8.86. The van der Waals surface area contributed by atoms with Gasteiger partial charge in [0.2, 0.25) is 11.8 Å². The standard InChI is InChI=1S/C29H34N3O4PS2.BrH/c30-26(29(36)32-20-28(34)35)21-38-39-22-27(33)31-18-10-11-19-37(23-12-4-1-5-13-23,24-14-6-2-7-15-24)25-16-8-3-9-17-25;/h1-9,12-17,26H,10-11,18-22,30H2,(H2-,31,32,33,34,35,36);1H. The molecule has 7 nitrogen and oxygen atoms in total. The van der Waals surface area contributed by atoms with Crippen molar-refractivity contribution in [3.05, 3.63) is 91.0 Å². The normalized spacial score (nSPS) is 11.6. The molecule has 1 unspecified atom stereocenters. The number of carbonyl (C=O) groups excluding carboxylic acids is 2. The molecule has 40 heavy (non-hydrogen) atoms. The highest BCUT2D eigenvalue weighted by Crippen LogP contribution is 2.55. The van der Waals surface area contributed by atoms with Crippen molar-refractivity contribution in [2.75, 3.05) is 30.8 Å². The Morgan fingerprint density at radius 2 is 1.27 bits per heavy atom. The van der Waals surface area contributed by atoms with Gasteiger partial charge in [0.25, 0.3) is 0 Å². The number of nitrogens with one attached hydrogen (secondary N) is 2. The van der Waals surface area contributed by atoms with E-state index < -0.39 is 31.7 Å². The third kappa shape index (κ3) is 10.2. The lowest BCUT2D eigenvalue weighted by Gasteiger charge is -2.27. The van der Waals surface area contributed by atoms with Crippen LogP contribution in [0, 0.1) is 0 Å². The average Bonchev–Trinajstić information content (AvgIpc) is 2.97. The molecule has 5 N–H and O–H groups in total. The SMILES string of the molecule is NC(CSSCC(=O)NCCCC[P+](c1ccccc1)(c1ccccc1)c1ccccc1)C(=O)NCC(=O)O.[Br-]. The molecule has 0 fully saturated rings. The van der Waals surface area contributed by atoms with Gasteiger partial charge in [-0.25, -0.2) is 0 Å². The molecule has 0 aliphatic heterocycles. The molecule has 3 aromatic rings. The number of unbranched alkanes of at least 4 members (excludes halogenated alkanes) is 1. The first-order chi connectivity index (χ1) is 18.9. The first-order valence-corrected chi connectivity index (χ1v) is 17.2. The minimum Gasteiger partial charge on any atom is -1.00 e. The Kier molecular flexibility index (Phi) is 15.4. The minimum absolute atomic E-state index is 0. The fourth-order valence-electron chi connectivity index (χ4n) is 4.22. The molecule has 3 rings (SSSR count). The number of benzene rings is 3. The molecule has 0 aliphatic carbocycles. The van der Waals surface area contributed by atoms with Crippen LogP contribution in [0.5, 0.6) is 0 Å². The van der Waals surface area contributed by atoms with Crippen LogP contribution in [0.1, 0.15) is 12.8 Å². The molecule has 3 aromatic carbocycles. The number of halogens is 1. The zero-order chi connectivity index (χ0) is 27.9. The number of aliphatic carboxylic acids is 1. The molecule has 0 aromatic heterocycles. The monoisotopic (exact) mass is 663 g/mol. The summed E-state index contributed by atoms with van der Waals surface area (Å²) in [6, 6.07) is 31.5. The van der Waals surface area contributed by atoms with Crippen LogP contribution >= 0.6 is 28.9 Å². The molecule has 2 amide bonds. The third-order valence-electron chi connectivity index (χ3n) is 6.10. The number of amides is 2. The van der Waals surface area contributed by atoms with Gasteiger partial charge in [0, 0.05) is 12.3 Å². The predicted molar refractivity (Wildman–Crippen MR) is 166 cm³/mol. The first-order valence-electron chi connectivity index (χ1n) is 12.7. The van der Waals surface area contributed by atoms with E-state index in [0.29, 0.717) is 6.54 Å². The van der Waals surface area contributed by atoms with Crippen LogP contribution in [0.25, 0.3) is 0 Å². The van der Waals surface area contributed by atoms with Crippen molar-refractivity contribution in [2.24, 2.45) is 5.73 Å². The van der Waals surface area contributed by atoms with E-state index in [4.69, 9.17) is 10.8 Å². The number of carboxylic acids is 1. The topological polar surface area (TPSA) is 122 Å². The highest BCUT2D eigenvalue weighted by molar-refractivity contribution is 8.76. The highest BCUT2D eigenvalue weighted by atomic mass is 79.9. The minimum atomic E-state index is -1.86. The van der Waals surface area contributed by atoms with Crippen molar-refractivity contribution < 1.29 is 36.5 Å². The lowest BCUT2D eigenvalue weighted by molar-refractivity contribution is -0.138. The Morgan fingerprint density at radius 3 is 1.75 bits per heavy atom.